The molecule has 0 aliphatic carbocycles. The fourth-order valence-corrected chi connectivity index (χ4v) is 3.23. The average Bonchev–Trinajstić information content (AvgIpc) is 3.23. The van der Waals surface area contributed by atoms with Gasteiger partial charge in [-0.25, -0.2) is 0 Å². The van der Waals surface area contributed by atoms with Crippen molar-refractivity contribution in [3.8, 4) is 0 Å². The van der Waals surface area contributed by atoms with Crippen LogP contribution in [0.4, 0.5) is 0 Å². The lowest BCUT2D eigenvalue weighted by Gasteiger charge is -2.26. The SMILES string of the molecule is CN(C)CCNC(=O)c1noc2c1CN(C(=O)c1cc(C(C)(C)C)nn1C)CC2. The number of carbonyl (C=O) groups is 2. The summed E-state index contributed by atoms with van der Waals surface area (Å²) in [6, 6.07) is 1.85. The zero-order valence-corrected chi connectivity index (χ0v) is 18.1. The number of fused-ring (bicyclic) bond motifs is 1. The van der Waals surface area contributed by atoms with Gasteiger partial charge in [-0.15, -0.1) is 0 Å². The van der Waals surface area contributed by atoms with E-state index in [9.17, 15) is 9.59 Å². The molecule has 0 aromatic carbocycles. The quantitative estimate of drug-likeness (QED) is 0.807. The van der Waals surface area contributed by atoms with Gasteiger partial charge >= 0.3 is 0 Å². The maximum atomic E-state index is 13.1. The van der Waals surface area contributed by atoms with E-state index < -0.39 is 0 Å². The summed E-state index contributed by atoms with van der Waals surface area (Å²) >= 11 is 0. The Morgan fingerprint density at radius 3 is 2.66 bits per heavy atom. The van der Waals surface area contributed by atoms with Crippen molar-refractivity contribution < 1.29 is 14.1 Å². The molecule has 2 aromatic heterocycles. The van der Waals surface area contributed by atoms with Crippen LogP contribution in [0.25, 0.3) is 0 Å². The molecular formula is C20H30N6O3. The van der Waals surface area contributed by atoms with E-state index in [1.165, 1.54) is 0 Å². The monoisotopic (exact) mass is 402 g/mol. The van der Waals surface area contributed by atoms with Crippen LogP contribution in [0.2, 0.25) is 0 Å². The Balaban J connectivity index is 1.76. The van der Waals surface area contributed by atoms with Gasteiger partial charge in [0, 0.05) is 44.1 Å². The zero-order chi connectivity index (χ0) is 21.3. The van der Waals surface area contributed by atoms with Crippen molar-refractivity contribution in [1.82, 2.24) is 30.1 Å². The second kappa shape index (κ2) is 7.98. The van der Waals surface area contributed by atoms with Gasteiger partial charge in [0.1, 0.15) is 11.5 Å². The van der Waals surface area contributed by atoms with Gasteiger partial charge in [-0.2, -0.15) is 5.10 Å². The van der Waals surface area contributed by atoms with E-state index in [-0.39, 0.29) is 22.9 Å². The highest BCUT2D eigenvalue weighted by Crippen LogP contribution is 2.26. The first kappa shape index (κ1) is 21.0. The van der Waals surface area contributed by atoms with Crippen molar-refractivity contribution in [2.24, 2.45) is 7.05 Å². The van der Waals surface area contributed by atoms with Crippen molar-refractivity contribution >= 4 is 11.8 Å². The number of amides is 2. The number of nitrogens with zero attached hydrogens (tertiary/aromatic N) is 5. The Morgan fingerprint density at radius 2 is 2.03 bits per heavy atom. The first-order chi connectivity index (χ1) is 13.6. The van der Waals surface area contributed by atoms with Gasteiger partial charge in [-0.05, 0) is 20.2 Å². The van der Waals surface area contributed by atoms with Crippen LogP contribution in [0, 0.1) is 0 Å². The van der Waals surface area contributed by atoms with Crippen molar-refractivity contribution in [2.75, 3.05) is 33.7 Å². The maximum absolute atomic E-state index is 13.1. The largest absolute Gasteiger partial charge is 0.360 e. The molecule has 1 aliphatic rings. The summed E-state index contributed by atoms with van der Waals surface area (Å²) in [4.78, 5) is 29.3. The third-order valence-corrected chi connectivity index (χ3v) is 5.04. The van der Waals surface area contributed by atoms with E-state index >= 15 is 0 Å². The molecule has 1 aliphatic heterocycles. The highest BCUT2D eigenvalue weighted by Gasteiger charge is 2.32. The summed E-state index contributed by atoms with van der Waals surface area (Å²) < 4.78 is 6.99. The number of carbonyl (C=O) groups excluding carboxylic acids is 2. The summed E-state index contributed by atoms with van der Waals surface area (Å²) in [6.07, 6.45) is 0.531. The zero-order valence-electron chi connectivity index (χ0n) is 18.1. The average molecular weight is 402 g/mol. The van der Waals surface area contributed by atoms with Gasteiger partial charge in [-0.3, -0.25) is 14.3 Å². The second-order valence-electron chi connectivity index (χ2n) is 8.76. The summed E-state index contributed by atoms with van der Waals surface area (Å²) in [7, 11) is 5.66. The Bertz CT molecular complexity index is 906. The number of likely N-dealkylation sites (N-methyl/N-ethyl adjacent to an activating group) is 1. The summed E-state index contributed by atoms with van der Waals surface area (Å²) in [5, 5.41) is 11.3. The molecule has 0 saturated carbocycles. The third-order valence-electron chi connectivity index (χ3n) is 5.04. The van der Waals surface area contributed by atoms with Crippen molar-refractivity contribution in [3.05, 3.63) is 34.5 Å². The number of nitrogens with one attached hydrogen (secondary N) is 1. The van der Waals surface area contributed by atoms with Gasteiger partial charge in [0.2, 0.25) is 0 Å². The predicted octanol–water partition coefficient (Wildman–Crippen LogP) is 1.20. The van der Waals surface area contributed by atoms with Crippen molar-refractivity contribution in [1.29, 1.82) is 0 Å². The van der Waals surface area contributed by atoms with Gasteiger partial charge < -0.3 is 19.6 Å². The van der Waals surface area contributed by atoms with Crippen LogP contribution >= 0.6 is 0 Å². The molecule has 9 nitrogen and oxygen atoms in total. The highest BCUT2D eigenvalue weighted by molar-refractivity contribution is 5.95. The van der Waals surface area contributed by atoms with Crippen LogP contribution in [-0.4, -0.2) is 70.3 Å². The van der Waals surface area contributed by atoms with Crippen LogP contribution in [-0.2, 0) is 25.4 Å². The molecule has 3 rings (SSSR count). The van der Waals surface area contributed by atoms with Crippen molar-refractivity contribution in [2.45, 2.75) is 39.2 Å². The van der Waals surface area contributed by atoms with Crippen LogP contribution in [0.3, 0.4) is 0 Å². The summed E-state index contributed by atoms with van der Waals surface area (Å²) in [6.45, 7) is 8.25. The topological polar surface area (TPSA) is 96.5 Å². The van der Waals surface area contributed by atoms with Gasteiger partial charge in [-0.1, -0.05) is 25.9 Å². The molecule has 0 bridgehead atoms. The molecule has 2 amide bonds. The van der Waals surface area contributed by atoms with E-state index in [0.29, 0.717) is 43.1 Å². The van der Waals surface area contributed by atoms with E-state index in [2.05, 4.69) is 36.3 Å². The lowest BCUT2D eigenvalue weighted by Crippen LogP contribution is -2.38. The first-order valence-electron chi connectivity index (χ1n) is 9.82. The minimum Gasteiger partial charge on any atom is -0.360 e. The van der Waals surface area contributed by atoms with Crippen LogP contribution in [0.15, 0.2) is 10.6 Å². The lowest BCUT2D eigenvalue weighted by molar-refractivity contribution is 0.0715. The number of aryl methyl sites for hydroxylation is 1. The lowest BCUT2D eigenvalue weighted by atomic mass is 9.92. The summed E-state index contributed by atoms with van der Waals surface area (Å²) in [5.74, 6) is 0.287. The molecular weight excluding hydrogens is 372 g/mol. The Hall–Kier alpha value is -2.68. The fraction of sp³-hybridized carbons (Fsp3) is 0.600. The maximum Gasteiger partial charge on any atom is 0.273 e. The normalized spacial score (nSPS) is 14.2. The smallest absolute Gasteiger partial charge is 0.273 e. The second-order valence-corrected chi connectivity index (χ2v) is 8.76. The van der Waals surface area contributed by atoms with Gasteiger partial charge in [0.05, 0.1) is 12.2 Å². The van der Waals surface area contributed by atoms with Gasteiger partial charge in [0.15, 0.2) is 5.69 Å². The fourth-order valence-electron chi connectivity index (χ4n) is 3.23. The predicted molar refractivity (Wildman–Crippen MR) is 108 cm³/mol. The minimum atomic E-state index is -0.276. The summed E-state index contributed by atoms with van der Waals surface area (Å²) in [5.41, 5.74) is 2.21. The molecule has 0 spiro atoms. The van der Waals surface area contributed by atoms with E-state index in [0.717, 1.165) is 12.2 Å². The molecule has 2 aromatic rings. The first-order valence-corrected chi connectivity index (χ1v) is 9.82. The molecule has 1 N–H and O–H groups in total. The van der Waals surface area contributed by atoms with E-state index in [1.54, 1.807) is 16.6 Å². The Kier molecular flexibility index (Phi) is 5.79. The molecule has 0 fully saturated rings. The molecule has 0 unspecified atom stereocenters. The molecule has 158 valence electrons. The molecule has 29 heavy (non-hydrogen) atoms. The van der Waals surface area contributed by atoms with Crippen LogP contribution in [0.5, 0.6) is 0 Å². The number of hydrogen-bond acceptors (Lipinski definition) is 6. The Morgan fingerprint density at radius 1 is 1.31 bits per heavy atom. The molecule has 0 atom stereocenters. The molecule has 0 radical (unpaired) electrons. The molecule has 0 saturated heterocycles. The number of rotatable bonds is 5. The van der Waals surface area contributed by atoms with Crippen molar-refractivity contribution in [3.63, 3.8) is 0 Å². The molecule has 9 heteroatoms. The van der Waals surface area contributed by atoms with E-state index in [1.807, 2.05) is 25.1 Å². The minimum absolute atomic E-state index is 0.110. The number of aromatic nitrogens is 3. The Labute approximate surface area is 171 Å². The third kappa shape index (κ3) is 4.50. The van der Waals surface area contributed by atoms with Gasteiger partial charge in [0.25, 0.3) is 11.8 Å². The highest BCUT2D eigenvalue weighted by atomic mass is 16.5. The van der Waals surface area contributed by atoms with Crippen LogP contribution in [0.1, 0.15) is 58.8 Å². The molecule has 3 heterocycles. The van der Waals surface area contributed by atoms with Crippen LogP contribution < -0.4 is 5.32 Å². The number of hydrogen-bond donors (Lipinski definition) is 1. The van der Waals surface area contributed by atoms with E-state index in [4.69, 9.17) is 4.52 Å². The standard InChI is InChI=1S/C20H30N6O3/c1-20(2,3)16-11-14(25(6)22-16)19(28)26-9-7-15-13(12-26)17(23-29-15)18(27)21-8-10-24(4)5/h11H,7-10,12H2,1-6H3,(H,21,27).